The van der Waals surface area contributed by atoms with E-state index in [0.29, 0.717) is 5.95 Å². The third kappa shape index (κ3) is 5.50. The lowest BCUT2D eigenvalue weighted by Crippen LogP contribution is -2.17. The van der Waals surface area contributed by atoms with Gasteiger partial charge in [-0.1, -0.05) is 12.1 Å². The summed E-state index contributed by atoms with van der Waals surface area (Å²) in [6.07, 6.45) is 4.60. The van der Waals surface area contributed by atoms with Gasteiger partial charge in [0.05, 0.1) is 5.69 Å². The van der Waals surface area contributed by atoms with Gasteiger partial charge in [-0.2, -0.15) is 4.98 Å². The summed E-state index contributed by atoms with van der Waals surface area (Å²) in [7, 11) is 4.15. The van der Waals surface area contributed by atoms with E-state index in [1.165, 1.54) is 11.1 Å². The first-order valence-corrected chi connectivity index (χ1v) is 9.53. The molecule has 2 N–H and O–H groups in total. The van der Waals surface area contributed by atoms with Crippen molar-refractivity contribution in [2.24, 2.45) is 0 Å². The second-order valence-electron chi connectivity index (χ2n) is 7.23. The number of rotatable bonds is 8. The van der Waals surface area contributed by atoms with E-state index in [2.05, 4.69) is 76.6 Å². The van der Waals surface area contributed by atoms with E-state index >= 15 is 0 Å². The number of nitrogens with one attached hydrogen (secondary N) is 2. The molecule has 146 valence electrons. The average molecular weight is 377 g/mol. The van der Waals surface area contributed by atoms with Crippen molar-refractivity contribution in [3.8, 4) is 11.3 Å². The van der Waals surface area contributed by atoms with Crippen molar-refractivity contribution in [2.75, 3.05) is 37.8 Å². The number of aryl methyl sites for hydroxylation is 2. The summed E-state index contributed by atoms with van der Waals surface area (Å²) in [5.74, 6) is 1.38. The number of anilines is 3. The van der Waals surface area contributed by atoms with Gasteiger partial charge < -0.3 is 15.5 Å². The average Bonchev–Trinajstić information content (AvgIpc) is 2.68. The fourth-order valence-electron chi connectivity index (χ4n) is 2.86. The summed E-state index contributed by atoms with van der Waals surface area (Å²) >= 11 is 0. The van der Waals surface area contributed by atoms with Gasteiger partial charge in [-0.15, -0.1) is 0 Å². The third-order valence-electron chi connectivity index (χ3n) is 4.40. The summed E-state index contributed by atoms with van der Waals surface area (Å²) in [4.78, 5) is 15.7. The molecular formula is C22H28N6. The van der Waals surface area contributed by atoms with Gasteiger partial charge in [0.1, 0.15) is 5.82 Å². The van der Waals surface area contributed by atoms with Crippen molar-refractivity contribution in [1.29, 1.82) is 0 Å². The van der Waals surface area contributed by atoms with Gasteiger partial charge in [0.15, 0.2) is 0 Å². The molecule has 0 aliphatic heterocycles. The minimum Gasteiger partial charge on any atom is -0.354 e. The van der Waals surface area contributed by atoms with Crippen LogP contribution >= 0.6 is 0 Å². The van der Waals surface area contributed by atoms with Crippen LogP contribution < -0.4 is 10.6 Å². The van der Waals surface area contributed by atoms with Crippen LogP contribution in [0, 0.1) is 13.8 Å². The Morgan fingerprint density at radius 2 is 1.89 bits per heavy atom. The Hall–Kier alpha value is -2.99. The van der Waals surface area contributed by atoms with Crippen molar-refractivity contribution in [3.63, 3.8) is 0 Å². The number of benzene rings is 1. The fourth-order valence-corrected chi connectivity index (χ4v) is 2.86. The molecule has 2 heterocycles. The topological polar surface area (TPSA) is 66.0 Å². The van der Waals surface area contributed by atoms with Gasteiger partial charge in [-0.25, -0.2) is 4.98 Å². The maximum atomic E-state index is 4.69. The largest absolute Gasteiger partial charge is 0.354 e. The Morgan fingerprint density at radius 1 is 1.04 bits per heavy atom. The monoisotopic (exact) mass is 376 g/mol. The van der Waals surface area contributed by atoms with Crippen molar-refractivity contribution in [3.05, 3.63) is 59.9 Å². The maximum Gasteiger partial charge on any atom is 0.225 e. The minimum absolute atomic E-state index is 0.618. The molecule has 0 bridgehead atoms. The summed E-state index contributed by atoms with van der Waals surface area (Å²) in [5, 5.41) is 6.81. The number of hydrogen-bond donors (Lipinski definition) is 2. The molecule has 0 radical (unpaired) electrons. The van der Waals surface area contributed by atoms with Gasteiger partial charge in [0, 0.05) is 36.3 Å². The van der Waals surface area contributed by atoms with Crippen LogP contribution in [0.5, 0.6) is 0 Å². The summed E-state index contributed by atoms with van der Waals surface area (Å²) in [6, 6.07) is 12.2. The lowest BCUT2D eigenvalue weighted by atomic mass is 10.1. The molecule has 3 aromatic rings. The molecule has 0 amide bonds. The van der Waals surface area contributed by atoms with E-state index in [9.17, 15) is 0 Å². The van der Waals surface area contributed by atoms with E-state index in [0.717, 1.165) is 42.3 Å². The Kier molecular flexibility index (Phi) is 6.55. The van der Waals surface area contributed by atoms with Crippen LogP contribution in [-0.4, -0.2) is 47.0 Å². The van der Waals surface area contributed by atoms with Crippen molar-refractivity contribution >= 4 is 17.5 Å². The second-order valence-corrected chi connectivity index (χ2v) is 7.23. The molecule has 0 saturated heterocycles. The van der Waals surface area contributed by atoms with E-state index in [-0.39, 0.29) is 0 Å². The Balaban J connectivity index is 1.87. The molecule has 0 spiro atoms. The van der Waals surface area contributed by atoms with E-state index in [4.69, 9.17) is 0 Å². The minimum atomic E-state index is 0.618. The number of hydrogen-bond acceptors (Lipinski definition) is 6. The van der Waals surface area contributed by atoms with Crippen LogP contribution in [0.25, 0.3) is 11.3 Å². The highest BCUT2D eigenvalue weighted by Crippen LogP contribution is 2.25. The maximum absolute atomic E-state index is 4.69. The molecule has 1 aromatic carbocycles. The highest BCUT2D eigenvalue weighted by atomic mass is 15.1. The zero-order valence-electron chi connectivity index (χ0n) is 17.0. The van der Waals surface area contributed by atoms with Gasteiger partial charge in [0.25, 0.3) is 0 Å². The number of aromatic nitrogens is 3. The van der Waals surface area contributed by atoms with Crippen LogP contribution in [0.4, 0.5) is 17.5 Å². The van der Waals surface area contributed by atoms with Crippen LogP contribution in [0.1, 0.15) is 17.5 Å². The summed E-state index contributed by atoms with van der Waals surface area (Å²) < 4.78 is 0. The van der Waals surface area contributed by atoms with E-state index < -0.39 is 0 Å². The quantitative estimate of drug-likeness (QED) is 0.573. The second kappa shape index (κ2) is 9.28. The molecule has 0 unspecified atom stereocenters. The summed E-state index contributed by atoms with van der Waals surface area (Å²) in [5.41, 5.74) is 5.23. The number of nitrogens with zero attached hydrogens (tertiary/aromatic N) is 4. The molecule has 6 nitrogen and oxygen atoms in total. The first kappa shape index (κ1) is 19.8. The highest BCUT2D eigenvalue weighted by Gasteiger charge is 2.09. The molecular weight excluding hydrogens is 348 g/mol. The highest BCUT2D eigenvalue weighted by molar-refractivity contribution is 5.68. The SMILES string of the molecule is Cc1ccc(C)c(Nc2cc(-c3cccnc3)nc(NCCCN(C)C)n2)c1. The lowest BCUT2D eigenvalue weighted by Gasteiger charge is -2.14. The van der Waals surface area contributed by atoms with Crippen molar-refractivity contribution in [2.45, 2.75) is 20.3 Å². The molecule has 3 rings (SSSR count). The molecule has 0 aliphatic carbocycles. The molecule has 0 saturated carbocycles. The molecule has 2 aromatic heterocycles. The third-order valence-corrected chi connectivity index (χ3v) is 4.40. The molecule has 0 atom stereocenters. The first-order chi connectivity index (χ1) is 13.5. The predicted octanol–water partition coefficient (Wildman–Crippen LogP) is 4.26. The van der Waals surface area contributed by atoms with Crippen LogP contribution in [0.15, 0.2) is 48.8 Å². The molecule has 6 heteroatoms. The van der Waals surface area contributed by atoms with Gasteiger partial charge in [0.2, 0.25) is 5.95 Å². The summed E-state index contributed by atoms with van der Waals surface area (Å²) in [6.45, 7) is 6.01. The Morgan fingerprint density at radius 3 is 2.64 bits per heavy atom. The van der Waals surface area contributed by atoms with Gasteiger partial charge in [-0.05, 0) is 70.2 Å². The smallest absolute Gasteiger partial charge is 0.225 e. The predicted molar refractivity (Wildman–Crippen MR) is 116 cm³/mol. The zero-order chi connectivity index (χ0) is 19.9. The first-order valence-electron chi connectivity index (χ1n) is 9.53. The van der Waals surface area contributed by atoms with E-state index in [1.807, 2.05) is 24.4 Å². The molecule has 0 aliphatic rings. The van der Waals surface area contributed by atoms with Crippen molar-refractivity contribution in [1.82, 2.24) is 19.9 Å². The van der Waals surface area contributed by atoms with Crippen LogP contribution in [0.3, 0.4) is 0 Å². The Bertz CT molecular complexity index is 908. The Labute approximate surface area is 167 Å². The normalized spacial score (nSPS) is 10.9. The molecule has 28 heavy (non-hydrogen) atoms. The van der Waals surface area contributed by atoms with E-state index in [1.54, 1.807) is 6.20 Å². The van der Waals surface area contributed by atoms with Gasteiger partial charge in [-0.3, -0.25) is 4.98 Å². The standard InChI is InChI=1S/C22H28N6/c1-16-8-9-17(2)19(13-16)25-21-14-20(18-7-5-10-23-15-18)26-22(27-21)24-11-6-12-28(3)4/h5,7-10,13-15H,6,11-12H2,1-4H3,(H2,24,25,26,27). The lowest BCUT2D eigenvalue weighted by molar-refractivity contribution is 0.405. The molecule has 0 fully saturated rings. The van der Waals surface area contributed by atoms with Crippen LogP contribution in [-0.2, 0) is 0 Å². The zero-order valence-corrected chi connectivity index (χ0v) is 17.0. The van der Waals surface area contributed by atoms with Crippen molar-refractivity contribution < 1.29 is 0 Å². The number of pyridine rings is 1. The van der Waals surface area contributed by atoms with Crippen LogP contribution in [0.2, 0.25) is 0 Å². The van der Waals surface area contributed by atoms with Gasteiger partial charge >= 0.3 is 0 Å². The fraction of sp³-hybridized carbons (Fsp3) is 0.318.